The van der Waals surface area contributed by atoms with Crippen LogP contribution in [-0.2, 0) is 0 Å². The molecule has 17 heavy (non-hydrogen) atoms. The lowest BCUT2D eigenvalue weighted by Crippen LogP contribution is -1.94. The van der Waals surface area contributed by atoms with E-state index in [1.54, 1.807) is 18.2 Å². The lowest BCUT2D eigenvalue weighted by molar-refractivity contribution is 0.444. The smallest absolute Gasteiger partial charge is 0.184 e. The third-order valence-electron chi connectivity index (χ3n) is 2.11. The van der Waals surface area contributed by atoms with Crippen LogP contribution in [0.5, 0.6) is 11.5 Å². The molecule has 0 heterocycles. The predicted octanol–water partition coefficient (Wildman–Crippen LogP) is 4.51. The molecule has 0 saturated carbocycles. The minimum Gasteiger partial charge on any atom is -0.452 e. The molecular weight excluding hydrogens is 264 g/mol. The molecule has 2 rings (SSSR count). The zero-order valence-corrected chi connectivity index (χ0v) is 10.1. The number of rotatable bonds is 2. The van der Waals surface area contributed by atoms with Crippen molar-refractivity contribution in [1.29, 1.82) is 0 Å². The Morgan fingerprint density at radius 1 is 1.06 bits per heavy atom. The van der Waals surface area contributed by atoms with Crippen molar-refractivity contribution in [2.45, 2.75) is 0 Å². The number of nitrogen functional groups attached to an aromatic ring is 1. The van der Waals surface area contributed by atoms with Crippen LogP contribution in [0.15, 0.2) is 36.4 Å². The quantitative estimate of drug-likeness (QED) is 0.816. The number of hydrogen-bond donors (Lipinski definition) is 1. The molecule has 2 aromatic rings. The molecule has 0 saturated heterocycles. The van der Waals surface area contributed by atoms with Gasteiger partial charge in [-0.1, -0.05) is 29.3 Å². The van der Waals surface area contributed by atoms with Crippen molar-refractivity contribution in [2.24, 2.45) is 0 Å². The van der Waals surface area contributed by atoms with E-state index >= 15 is 0 Å². The van der Waals surface area contributed by atoms with Gasteiger partial charge in [-0.05, 0) is 30.3 Å². The highest BCUT2D eigenvalue weighted by atomic mass is 35.5. The monoisotopic (exact) mass is 271 g/mol. The van der Waals surface area contributed by atoms with Gasteiger partial charge in [0.1, 0.15) is 0 Å². The van der Waals surface area contributed by atoms with Gasteiger partial charge in [-0.15, -0.1) is 0 Å². The van der Waals surface area contributed by atoms with Crippen molar-refractivity contribution in [3.63, 3.8) is 0 Å². The number of halogens is 3. The van der Waals surface area contributed by atoms with Crippen molar-refractivity contribution in [1.82, 2.24) is 0 Å². The molecule has 0 bridgehead atoms. The van der Waals surface area contributed by atoms with Crippen molar-refractivity contribution >= 4 is 28.9 Å². The summed E-state index contributed by atoms with van der Waals surface area (Å²) >= 11 is 11.4. The minimum absolute atomic E-state index is 0.00460. The summed E-state index contributed by atoms with van der Waals surface area (Å²) in [5, 5.41) is 0.483. The summed E-state index contributed by atoms with van der Waals surface area (Å²) in [5.41, 5.74) is 6.02. The van der Waals surface area contributed by atoms with Gasteiger partial charge in [0.05, 0.1) is 10.7 Å². The lowest BCUT2D eigenvalue weighted by Gasteiger charge is -2.09. The Bertz CT molecular complexity index is 560. The Balaban J connectivity index is 2.35. The topological polar surface area (TPSA) is 35.2 Å². The molecule has 0 aromatic heterocycles. The van der Waals surface area contributed by atoms with Gasteiger partial charge in [0.15, 0.2) is 17.3 Å². The summed E-state index contributed by atoms with van der Waals surface area (Å²) in [6.07, 6.45) is 0. The molecule has 0 fully saturated rings. The maximum atomic E-state index is 13.6. The van der Waals surface area contributed by atoms with E-state index in [-0.39, 0.29) is 10.8 Å². The first-order valence-corrected chi connectivity index (χ1v) is 5.50. The number of anilines is 1. The van der Waals surface area contributed by atoms with E-state index in [4.69, 9.17) is 33.7 Å². The molecule has 0 unspecified atom stereocenters. The van der Waals surface area contributed by atoms with Crippen LogP contribution in [0.25, 0.3) is 0 Å². The van der Waals surface area contributed by atoms with Gasteiger partial charge in [-0.3, -0.25) is 0 Å². The molecule has 0 amide bonds. The molecule has 0 radical (unpaired) electrons. The van der Waals surface area contributed by atoms with E-state index in [2.05, 4.69) is 0 Å². The Morgan fingerprint density at radius 2 is 1.82 bits per heavy atom. The molecule has 0 aliphatic heterocycles. The Kier molecular flexibility index (Phi) is 3.41. The van der Waals surface area contributed by atoms with E-state index < -0.39 is 5.82 Å². The van der Waals surface area contributed by atoms with Crippen LogP contribution in [0.3, 0.4) is 0 Å². The van der Waals surface area contributed by atoms with Crippen molar-refractivity contribution in [3.8, 4) is 11.5 Å². The molecule has 0 atom stereocenters. The first-order valence-electron chi connectivity index (χ1n) is 4.75. The summed E-state index contributed by atoms with van der Waals surface area (Å²) in [6.45, 7) is 0. The summed E-state index contributed by atoms with van der Waals surface area (Å²) in [7, 11) is 0. The highest BCUT2D eigenvalue weighted by molar-refractivity contribution is 6.31. The maximum absolute atomic E-state index is 13.6. The van der Waals surface area contributed by atoms with Crippen LogP contribution >= 0.6 is 23.2 Å². The van der Waals surface area contributed by atoms with Gasteiger partial charge in [0.2, 0.25) is 0 Å². The first-order chi connectivity index (χ1) is 8.08. The first kappa shape index (κ1) is 12.0. The second kappa shape index (κ2) is 4.82. The Morgan fingerprint density at radius 3 is 2.53 bits per heavy atom. The van der Waals surface area contributed by atoms with Gasteiger partial charge in [-0.25, -0.2) is 4.39 Å². The number of nitrogens with two attached hydrogens (primary N) is 1. The third-order valence-corrected chi connectivity index (χ3v) is 2.63. The molecule has 0 aliphatic carbocycles. The standard InChI is InChI=1S/C12H8Cl2FNO/c13-7-4-5-10(9(16)6-7)17-11-3-1-2-8(14)12(11)15/h1-6H,16H2. The van der Waals surface area contributed by atoms with Crippen LogP contribution in [0.4, 0.5) is 10.1 Å². The van der Waals surface area contributed by atoms with Crippen LogP contribution < -0.4 is 10.5 Å². The van der Waals surface area contributed by atoms with Crippen molar-refractivity contribution in [2.75, 3.05) is 5.73 Å². The highest BCUT2D eigenvalue weighted by Crippen LogP contribution is 2.32. The number of hydrogen-bond acceptors (Lipinski definition) is 2. The van der Waals surface area contributed by atoms with Crippen LogP contribution in [0.2, 0.25) is 10.0 Å². The van der Waals surface area contributed by atoms with E-state index in [0.29, 0.717) is 16.5 Å². The SMILES string of the molecule is Nc1cc(Cl)ccc1Oc1cccc(Cl)c1F. The number of benzene rings is 2. The van der Waals surface area contributed by atoms with Gasteiger partial charge >= 0.3 is 0 Å². The Hall–Kier alpha value is -1.45. The molecular formula is C12H8Cl2FNO. The van der Waals surface area contributed by atoms with E-state index in [1.807, 2.05) is 0 Å². The molecule has 2 N–H and O–H groups in total. The number of ether oxygens (including phenoxy) is 1. The average molecular weight is 272 g/mol. The zero-order chi connectivity index (χ0) is 12.4. The lowest BCUT2D eigenvalue weighted by atomic mass is 10.3. The van der Waals surface area contributed by atoms with Crippen molar-refractivity contribution < 1.29 is 9.13 Å². The minimum atomic E-state index is -0.622. The average Bonchev–Trinajstić information content (AvgIpc) is 2.28. The summed E-state index contributed by atoms with van der Waals surface area (Å²) in [4.78, 5) is 0. The van der Waals surface area contributed by atoms with E-state index in [0.717, 1.165) is 0 Å². The third kappa shape index (κ3) is 2.62. The summed E-state index contributed by atoms with van der Waals surface area (Å²) in [6, 6.07) is 9.20. The summed E-state index contributed by atoms with van der Waals surface area (Å²) in [5.74, 6) is -0.273. The highest BCUT2D eigenvalue weighted by Gasteiger charge is 2.10. The molecule has 0 spiro atoms. The fraction of sp³-hybridized carbons (Fsp3) is 0. The van der Waals surface area contributed by atoms with Crippen LogP contribution in [0, 0.1) is 5.82 Å². The fourth-order valence-corrected chi connectivity index (χ4v) is 1.64. The van der Waals surface area contributed by atoms with Gasteiger partial charge < -0.3 is 10.5 Å². The zero-order valence-electron chi connectivity index (χ0n) is 8.58. The van der Waals surface area contributed by atoms with Crippen LogP contribution in [0.1, 0.15) is 0 Å². The molecule has 5 heteroatoms. The maximum Gasteiger partial charge on any atom is 0.184 e. The molecule has 0 aliphatic rings. The van der Waals surface area contributed by atoms with Gasteiger partial charge in [-0.2, -0.15) is 0 Å². The fourth-order valence-electron chi connectivity index (χ4n) is 1.29. The second-order valence-electron chi connectivity index (χ2n) is 3.34. The van der Waals surface area contributed by atoms with E-state index in [1.165, 1.54) is 18.2 Å². The normalized spacial score (nSPS) is 10.3. The molecule has 2 aromatic carbocycles. The predicted molar refractivity (Wildman–Crippen MR) is 67.3 cm³/mol. The van der Waals surface area contributed by atoms with Crippen molar-refractivity contribution in [3.05, 3.63) is 52.3 Å². The molecule has 88 valence electrons. The largest absolute Gasteiger partial charge is 0.452 e. The van der Waals surface area contributed by atoms with Crippen LogP contribution in [-0.4, -0.2) is 0 Å². The molecule has 2 nitrogen and oxygen atoms in total. The summed E-state index contributed by atoms with van der Waals surface area (Å²) < 4.78 is 18.9. The second-order valence-corrected chi connectivity index (χ2v) is 4.18. The Labute approximate surface area is 108 Å². The van der Waals surface area contributed by atoms with E-state index in [9.17, 15) is 4.39 Å². The van der Waals surface area contributed by atoms with Gasteiger partial charge in [0, 0.05) is 5.02 Å². The van der Waals surface area contributed by atoms with Gasteiger partial charge in [0.25, 0.3) is 0 Å².